The molecule has 0 radical (unpaired) electrons. The highest BCUT2D eigenvalue weighted by molar-refractivity contribution is 6.17. The lowest BCUT2D eigenvalue weighted by molar-refractivity contribution is 0.103. The molecule has 0 amide bonds. The molecular formula is C33H26O. The minimum atomic E-state index is 0.0687. The molecule has 0 saturated carbocycles. The van der Waals surface area contributed by atoms with Crippen LogP contribution in [0.1, 0.15) is 38.2 Å². The Labute approximate surface area is 199 Å². The van der Waals surface area contributed by atoms with Crippen molar-refractivity contribution in [3.8, 4) is 0 Å². The molecule has 1 heteroatoms. The van der Waals surface area contributed by atoms with Crippen molar-refractivity contribution in [2.45, 2.75) is 27.7 Å². The van der Waals surface area contributed by atoms with Crippen LogP contribution < -0.4 is 0 Å². The standard InChI is InChI=1S/C33H26O/c1-19-21(3)31-17-23(13-15-29(31)27-11-7-5-9-25(19)27)33(34)24-14-16-30-28-12-8-6-10-26(28)20(2)22(4)32(30)18-24/h5-18H,1-4H3. The molecule has 0 N–H and O–H groups in total. The summed E-state index contributed by atoms with van der Waals surface area (Å²) < 4.78 is 0. The summed E-state index contributed by atoms with van der Waals surface area (Å²) in [6.07, 6.45) is 0. The molecule has 0 atom stereocenters. The number of ketones is 1. The second-order valence-electron chi connectivity index (χ2n) is 9.44. The molecule has 0 aliphatic carbocycles. The summed E-state index contributed by atoms with van der Waals surface area (Å²) in [4.78, 5) is 13.7. The van der Waals surface area contributed by atoms with Gasteiger partial charge in [-0.2, -0.15) is 0 Å². The van der Waals surface area contributed by atoms with E-state index in [1.54, 1.807) is 0 Å². The van der Waals surface area contributed by atoms with Gasteiger partial charge in [0.1, 0.15) is 0 Å². The van der Waals surface area contributed by atoms with Crippen molar-refractivity contribution in [3.63, 3.8) is 0 Å². The molecule has 1 nitrogen and oxygen atoms in total. The normalized spacial score (nSPS) is 11.6. The Morgan fingerprint density at radius 2 is 0.735 bits per heavy atom. The highest BCUT2D eigenvalue weighted by Gasteiger charge is 2.16. The van der Waals surface area contributed by atoms with Crippen LogP contribution in [0.2, 0.25) is 0 Å². The quantitative estimate of drug-likeness (QED) is 0.195. The molecule has 0 aliphatic heterocycles. The Kier molecular flexibility index (Phi) is 4.57. The van der Waals surface area contributed by atoms with Crippen LogP contribution in [-0.2, 0) is 0 Å². The number of carbonyl (C=O) groups excluding carboxylic acids is 1. The van der Waals surface area contributed by atoms with Crippen LogP contribution in [0.4, 0.5) is 0 Å². The number of carbonyl (C=O) groups is 1. The topological polar surface area (TPSA) is 17.1 Å². The third-order valence-corrected chi connectivity index (χ3v) is 7.74. The van der Waals surface area contributed by atoms with Crippen molar-refractivity contribution in [3.05, 3.63) is 118 Å². The van der Waals surface area contributed by atoms with E-state index in [0.29, 0.717) is 0 Å². The largest absolute Gasteiger partial charge is 0.289 e. The zero-order valence-electron chi connectivity index (χ0n) is 20.0. The lowest BCUT2D eigenvalue weighted by Crippen LogP contribution is -2.02. The molecule has 6 aromatic rings. The van der Waals surface area contributed by atoms with Crippen LogP contribution in [0.25, 0.3) is 43.1 Å². The maximum absolute atomic E-state index is 13.7. The monoisotopic (exact) mass is 438 g/mol. The zero-order chi connectivity index (χ0) is 23.6. The lowest BCUT2D eigenvalue weighted by Gasteiger charge is -2.14. The van der Waals surface area contributed by atoms with E-state index in [1.807, 2.05) is 12.1 Å². The maximum Gasteiger partial charge on any atom is 0.193 e. The Morgan fingerprint density at radius 1 is 0.412 bits per heavy atom. The van der Waals surface area contributed by atoms with Crippen LogP contribution >= 0.6 is 0 Å². The van der Waals surface area contributed by atoms with E-state index in [0.717, 1.165) is 21.9 Å². The van der Waals surface area contributed by atoms with E-state index in [1.165, 1.54) is 54.6 Å². The maximum atomic E-state index is 13.7. The first-order valence-electron chi connectivity index (χ1n) is 11.8. The van der Waals surface area contributed by atoms with Crippen LogP contribution in [0, 0.1) is 27.7 Å². The van der Waals surface area contributed by atoms with Crippen LogP contribution in [0.15, 0.2) is 84.9 Å². The van der Waals surface area contributed by atoms with E-state index in [9.17, 15) is 4.79 Å². The van der Waals surface area contributed by atoms with Gasteiger partial charge in [0.2, 0.25) is 0 Å². The fourth-order valence-corrected chi connectivity index (χ4v) is 5.53. The third-order valence-electron chi connectivity index (χ3n) is 7.74. The van der Waals surface area contributed by atoms with Crippen molar-refractivity contribution in [2.24, 2.45) is 0 Å². The minimum Gasteiger partial charge on any atom is -0.289 e. The van der Waals surface area contributed by atoms with Gasteiger partial charge in [-0.05, 0) is 105 Å². The number of fused-ring (bicyclic) bond motifs is 6. The highest BCUT2D eigenvalue weighted by Crippen LogP contribution is 2.35. The van der Waals surface area contributed by atoms with E-state index in [-0.39, 0.29) is 5.78 Å². The third kappa shape index (κ3) is 2.90. The molecule has 6 aromatic carbocycles. The van der Waals surface area contributed by atoms with Gasteiger partial charge in [-0.25, -0.2) is 0 Å². The van der Waals surface area contributed by atoms with Crippen molar-refractivity contribution in [2.75, 3.05) is 0 Å². The molecule has 0 aliphatic rings. The smallest absolute Gasteiger partial charge is 0.193 e. The summed E-state index contributed by atoms with van der Waals surface area (Å²) in [5.74, 6) is 0.0687. The first-order valence-corrected chi connectivity index (χ1v) is 11.8. The second-order valence-corrected chi connectivity index (χ2v) is 9.44. The fraction of sp³-hybridized carbons (Fsp3) is 0.121. The Morgan fingerprint density at radius 3 is 1.15 bits per heavy atom. The van der Waals surface area contributed by atoms with Crippen LogP contribution in [0.5, 0.6) is 0 Å². The van der Waals surface area contributed by atoms with Crippen molar-refractivity contribution >= 4 is 48.9 Å². The lowest BCUT2D eigenvalue weighted by atomic mass is 9.89. The van der Waals surface area contributed by atoms with Crippen LogP contribution in [-0.4, -0.2) is 5.78 Å². The molecule has 0 bridgehead atoms. The first kappa shape index (κ1) is 20.6. The van der Waals surface area contributed by atoms with Crippen LogP contribution in [0.3, 0.4) is 0 Å². The van der Waals surface area contributed by atoms with Gasteiger partial charge in [0.15, 0.2) is 5.78 Å². The molecule has 34 heavy (non-hydrogen) atoms. The minimum absolute atomic E-state index is 0.0687. The van der Waals surface area contributed by atoms with Gasteiger partial charge in [-0.1, -0.05) is 72.8 Å². The predicted molar refractivity (Wildman–Crippen MR) is 145 cm³/mol. The number of hydrogen-bond acceptors (Lipinski definition) is 1. The summed E-state index contributed by atoms with van der Waals surface area (Å²) in [7, 11) is 0. The van der Waals surface area contributed by atoms with E-state index in [2.05, 4.69) is 100 Å². The number of benzene rings is 6. The molecule has 6 rings (SSSR count). The van der Waals surface area contributed by atoms with Gasteiger partial charge in [0.25, 0.3) is 0 Å². The number of aryl methyl sites for hydroxylation is 4. The highest BCUT2D eigenvalue weighted by atomic mass is 16.1. The van der Waals surface area contributed by atoms with Crippen molar-refractivity contribution in [1.29, 1.82) is 0 Å². The molecule has 0 saturated heterocycles. The SMILES string of the molecule is Cc1c(C)c2cc(C(=O)c3ccc4c(c3)c(C)c(C)c3ccccc34)ccc2c2ccccc12. The summed E-state index contributed by atoms with van der Waals surface area (Å²) >= 11 is 0. The van der Waals surface area contributed by atoms with Gasteiger partial charge in [0.05, 0.1) is 0 Å². The van der Waals surface area contributed by atoms with E-state index < -0.39 is 0 Å². The van der Waals surface area contributed by atoms with Gasteiger partial charge < -0.3 is 0 Å². The van der Waals surface area contributed by atoms with Crippen molar-refractivity contribution < 1.29 is 4.79 Å². The fourth-order valence-electron chi connectivity index (χ4n) is 5.53. The zero-order valence-corrected chi connectivity index (χ0v) is 20.0. The first-order chi connectivity index (χ1) is 16.5. The molecular weight excluding hydrogens is 412 g/mol. The average Bonchev–Trinajstić information content (AvgIpc) is 2.89. The van der Waals surface area contributed by atoms with Crippen molar-refractivity contribution in [1.82, 2.24) is 0 Å². The predicted octanol–water partition coefficient (Wildman–Crippen LogP) is 8.76. The molecule has 0 fully saturated rings. The molecule has 0 unspecified atom stereocenters. The van der Waals surface area contributed by atoms with Gasteiger partial charge in [-0.15, -0.1) is 0 Å². The Bertz CT molecular complexity index is 1670. The van der Waals surface area contributed by atoms with Gasteiger partial charge >= 0.3 is 0 Å². The summed E-state index contributed by atoms with van der Waals surface area (Å²) in [6, 6.07) is 29.4. The van der Waals surface area contributed by atoms with Gasteiger partial charge in [-0.3, -0.25) is 4.79 Å². The summed E-state index contributed by atoms with van der Waals surface area (Å²) in [5.41, 5.74) is 6.49. The molecule has 0 spiro atoms. The summed E-state index contributed by atoms with van der Waals surface area (Å²) in [5, 5.41) is 9.74. The van der Waals surface area contributed by atoms with Gasteiger partial charge in [0, 0.05) is 11.1 Å². The van der Waals surface area contributed by atoms with E-state index in [4.69, 9.17) is 0 Å². The molecule has 164 valence electrons. The number of hydrogen-bond donors (Lipinski definition) is 0. The Balaban J connectivity index is 1.54. The average molecular weight is 439 g/mol. The summed E-state index contributed by atoms with van der Waals surface area (Å²) in [6.45, 7) is 8.66. The van der Waals surface area contributed by atoms with E-state index >= 15 is 0 Å². The molecule has 0 heterocycles. The second kappa shape index (κ2) is 7.53. The Hall–Kier alpha value is -3.97. The molecule has 0 aromatic heterocycles. The number of rotatable bonds is 2.